The second kappa shape index (κ2) is 10.9. The smallest absolute Gasteiger partial charge is 0.342 e. The average molecular weight is 454 g/mol. The molecule has 0 spiro atoms. The Kier molecular flexibility index (Phi) is 7.95. The number of Topliss-reactive ketones (excluding diaryl/α,β-unsaturated/α-hetero) is 1. The Morgan fingerprint density at radius 1 is 0.794 bits per heavy atom. The molecule has 0 saturated carbocycles. The third-order valence-electron chi connectivity index (χ3n) is 5.26. The maximum Gasteiger partial charge on any atom is 0.342 e. The minimum absolute atomic E-state index is 0.141. The summed E-state index contributed by atoms with van der Waals surface area (Å²) in [6.07, 6.45) is 2.25. The van der Waals surface area contributed by atoms with Crippen molar-refractivity contribution >= 4 is 17.5 Å². The predicted octanol–water partition coefficient (Wildman–Crippen LogP) is 6.45. The van der Waals surface area contributed by atoms with Crippen LogP contribution in [-0.4, -0.2) is 28.6 Å². The molecule has 0 bridgehead atoms. The minimum atomic E-state index is -1.77. The molecule has 0 aliphatic carbocycles. The molecule has 4 heteroatoms. The van der Waals surface area contributed by atoms with Crippen molar-refractivity contribution in [1.29, 1.82) is 0 Å². The topological polar surface area (TPSA) is 55.7 Å². The Balaban J connectivity index is 2.32. The van der Waals surface area contributed by atoms with Gasteiger partial charge in [0.15, 0.2) is 0 Å². The van der Waals surface area contributed by atoms with E-state index in [1.807, 2.05) is 66.7 Å². The molecule has 0 saturated heterocycles. The van der Waals surface area contributed by atoms with E-state index in [0.717, 1.165) is 11.1 Å². The number of carbonyl (C=O) groups is 2. The molecular weight excluding hydrogens is 422 g/mol. The number of hydrogen-bond acceptors (Lipinski definition) is 4. The first-order valence-corrected chi connectivity index (χ1v) is 11.4. The highest BCUT2D eigenvalue weighted by Gasteiger charge is 2.48. The first-order valence-electron chi connectivity index (χ1n) is 11.4. The van der Waals surface area contributed by atoms with Crippen LogP contribution in [0.2, 0.25) is 0 Å². The Bertz CT molecular complexity index is 1100. The van der Waals surface area contributed by atoms with Gasteiger partial charge in [0.1, 0.15) is 5.60 Å². The predicted molar refractivity (Wildman–Crippen MR) is 137 cm³/mol. The van der Waals surface area contributed by atoms with Gasteiger partial charge in [-0.2, -0.15) is 0 Å². The minimum Gasteiger partial charge on any atom is -0.458 e. The standard InChI is InChI=1S/C30H31NO3/c1-5-6-22-30(28(33)34-29(2,3)4,27(32)25-20-14-9-15-21-25)31-26(23-16-10-7-11-17-23)24-18-12-8-13-19-24/h5,7-21H,1,6,22H2,2-4H3. The number of ether oxygens (including phenoxy) is 1. The zero-order chi connectivity index (χ0) is 24.6. The van der Waals surface area contributed by atoms with E-state index in [0.29, 0.717) is 17.7 Å². The van der Waals surface area contributed by atoms with Crippen molar-refractivity contribution < 1.29 is 14.3 Å². The van der Waals surface area contributed by atoms with Crippen LogP contribution in [0.25, 0.3) is 0 Å². The fraction of sp³-hybridized carbons (Fsp3) is 0.233. The van der Waals surface area contributed by atoms with Crippen molar-refractivity contribution in [1.82, 2.24) is 0 Å². The molecule has 4 nitrogen and oxygen atoms in total. The van der Waals surface area contributed by atoms with Gasteiger partial charge < -0.3 is 4.74 Å². The summed E-state index contributed by atoms with van der Waals surface area (Å²) in [4.78, 5) is 32.9. The summed E-state index contributed by atoms with van der Waals surface area (Å²) < 4.78 is 5.81. The first kappa shape index (κ1) is 24.8. The van der Waals surface area contributed by atoms with Crippen molar-refractivity contribution in [3.05, 3.63) is 120 Å². The molecule has 0 amide bonds. The van der Waals surface area contributed by atoms with Gasteiger partial charge in [-0.25, -0.2) is 4.79 Å². The summed E-state index contributed by atoms with van der Waals surface area (Å²) in [5.74, 6) is -1.06. The third kappa shape index (κ3) is 5.96. The Morgan fingerprint density at radius 2 is 1.24 bits per heavy atom. The molecular formula is C30H31NO3. The molecule has 34 heavy (non-hydrogen) atoms. The van der Waals surface area contributed by atoms with E-state index in [2.05, 4.69) is 6.58 Å². The van der Waals surface area contributed by atoms with E-state index in [4.69, 9.17) is 9.73 Å². The maximum absolute atomic E-state index is 14.1. The summed E-state index contributed by atoms with van der Waals surface area (Å²) in [5, 5.41) is 0. The van der Waals surface area contributed by atoms with Gasteiger partial charge in [-0.05, 0) is 33.6 Å². The van der Waals surface area contributed by atoms with Crippen LogP contribution in [-0.2, 0) is 9.53 Å². The van der Waals surface area contributed by atoms with Gasteiger partial charge in [0.25, 0.3) is 0 Å². The largest absolute Gasteiger partial charge is 0.458 e. The lowest BCUT2D eigenvalue weighted by Crippen LogP contribution is -2.49. The van der Waals surface area contributed by atoms with Gasteiger partial charge in [-0.1, -0.05) is 97.1 Å². The number of allylic oxidation sites excluding steroid dienone is 1. The number of carbonyl (C=O) groups excluding carboxylic acids is 2. The number of ketones is 1. The second-order valence-corrected chi connectivity index (χ2v) is 9.08. The van der Waals surface area contributed by atoms with Crippen molar-refractivity contribution in [3.8, 4) is 0 Å². The van der Waals surface area contributed by atoms with Gasteiger partial charge in [0, 0.05) is 16.7 Å². The van der Waals surface area contributed by atoms with Gasteiger partial charge in [0.2, 0.25) is 11.3 Å². The molecule has 174 valence electrons. The average Bonchev–Trinajstić information content (AvgIpc) is 2.84. The Hall–Kier alpha value is -3.79. The van der Waals surface area contributed by atoms with Gasteiger partial charge in [-0.15, -0.1) is 6.58 Å². The highest BCUT2D eigenvalue weighted by molar-refractivity contribution is 6.21. The summed E-state index contributed by atoms with van der Waals surface area (Å²) in [7, 11) is 0. The van der Waals surface area contributed by atoms with Crippen molar-refractivity contribution in [2.24, 2.45) is 4.99 Å². The van der Waals surface area contributed by atoms with Crippen LogP contribution in [0, 0.1) is 0 Å². The van der Waals surface area contributed by atoms with E-state index in [-0.39, 0.29) is 6.42 Å². The van der Waals surface area contributed by atoms with Crippen molar-refractivity contribution in [2.45, 2.75) is 44.8 Å². The lowest BCUT2D eigenvalue weighted by Gasteiger charge is -2.31. The van der Waals surface area contributed by atoms with Crippen LogP contribution in [0.1, 0.15) is 55.1 Å². The monoisotopic (exact) mass is 453 g/mol. The first-order chi connectivity index (χ1) is 16.3. The van der Waals surface area contributed by atoms with Crippen molar-refractivity contribution in [2.75, 3.05) is 0 Å². The van der Waals surface area contributed by atoms with Gasteiger partial charge in [0.05, 0.1) is 5.71 Å². The van der Waals surface area contributed by atoms with E-state index in [9.17, 15) is 9.59 Å². The van der Waals surface area contributed by atoms with Crippen LogP contribution in [0.5, 0.6) is 0 Å². The fourth-order valence-electron chi connectivity index (χ4n) is 3.64. The quantitative estimate of drug-likeness (QED) is 0.123. The molecule has 0 radical (unpaired) electrons. The van der Waals surface area contributed by atoms with Crippen molar-refractivity contribution in [3.63, 3.8) is 0 Å². The molecule has 0 fully saturated rings. The molecule has 0 aromatic heterocycles. The van der Waals surface area contributed by atoms with Crippen LogP contribution >= 0.6 is 0 Å². The Morgan fingerprint density at radius 3 is 1.65 bits per heavy atom. The molecule has 3 aromatic rings. The highest BCUT2D eigenvalue weighted by Crippen LogP contribution is 2.30. The summed E-state index contributed by atoms with van der Waals surface area (Å²) in [6, 6.07) is 28.0. The zero-order valence-electron chi connectivity index (χ0n) is 20.0. The van der Waals surface area contributed by atoms with Crippen LogP contribution in [0.4, 0.5) is 0 Å². The number of aliphatic imine (C=N–C) groups is 1. The number of rotatable bonds is 9. The molecule has 0 aliphatic heterocycles. The van der Waals surface area contributed by atoms with E-state index in [1.165, 1.54) is 0 Å². The number of benzene rings is 3. The summed E-state index contributed by atoms with van der Waals surface area (Å²) in [6.45, 7) is 9.17. The molecule has 3 rings (SSSR count). The van der Waals surface area contributed by atoms with Crippen LogP contribution in [0.15, 0.2) is 109 Å². The fourth-order valence-corrected chi connectivity index (χ4v) is 3.64. The normalized spacial score (nSPS) is 12.8. The third-order valence-corrected chi connectivity index (χ3v) is 5.26. The maximum atomic E-state index is 14.1. The molecule has 0 aliphatic rings. The van der Waals surface area contributed by atoms with E-state index >= 15 is 0 Å². The second-order valence-electron chi connectivity index (χ2n) is 9.08. The number of esters is 1. The lowest BCUT2D eigenvalue weighted by molar-refractivity contribution is -0.159. The summed E-state index contributed by atoms with van der Waals surface area (Å²) in [5.41, 5.74) is 0.0104. The zero-order valence-corrected chi connectivity index (χ0v) is 20.0. The molecule has 0 heterocycles. The molecule has 1 unspecified atom stereocenters. The van der Waals surface area contributed by atoms with Crippen LogP contribution in [0.3, 0.4) is 0 Å². The van der Waals surface area contributed by atoms with E-state index in [1.54, 1.807) is 51.1 Å². The molecule has 0 N–H and O–H groups in total. The molecule has 3 aromatic carbocycles. The van der Waals surface area contributed by atoms with Crippen LogP contribution < -0.4 is 0 Å². The summed E-state index contributed by atoms with van der Waals surface area (Å²) >= 11 is 0. The lowest BCUT2D eigenvalue weighted by atomic mass is 9.84. The van der Waals surface area contributed by atoms with E-state index < -0.39 is 22.9 Å². The Labute approximate surface area is 202 Å². The molecule has 1 atom stereocenters. The SMILES string of the molecule is C=CCCC(N=C(c1ccccc1)c1ccccc1)(C(=O)OC(C)(C)C)C(=O)c1ccccc1. The highest BCUT2D eigenvalue weighted by atomic mass is 16.6. The van der Waals surface area contributed by atoms with Gasteiger partial charge in [-0.3, -0.25) is 9.79 Å². The number of nitrogens with zero attached hydrogens (tertiary/aromatic N) is 1. The van der Waals surface area contributed by atoms with Gasteiger partial charge >= 0.3 is 5.97 Å². The number of hydrogen-bond donors (Lipinski definition) is 0.